The summed E-state index contributed by atoms with van der Waals surface area (Å²) in [6.45, 7) is 1.65. The first-order valence-corrected chi connectivity index (χ1v) is 8.11. The summed E-state index contributed by atoms with van der Waals surface area (Å²) in [5.41, 5.74) is 0.871. The van der Waals surface area contributed by atoms with Gasteiger partial charge in [-0.3, -0.25) is 9.78 Å². The molecular formula is C15H16FN3O3S. The van der Waals surface area contributed by atoms with E-state index in [4.69, 9.17) is 0 Å². The van der Waals surface area contributed by atoms with E-state index in [1.165, 1.54) is 32.4 Å². The van der Waals surface area contributed by atoms with Crippen molar-refractivity contribution in [3.05, 3.63) is 53.6 Å². The third kappa shape index (κ3) is 3.72. The molecule has 0 bridgehead atoms. The van der Waals surface area contributed by atoms with Gasteiger partial charge in [0.1, 0.15) is 5.82 Å². The average Bonchev–Trinajstić information content (AvgIpc) is 2.47. The molecule has 0 saturated heterocycles. The van der Waals surface area contributed by atoms with Crippen LogP contribution in [0.3, 0.4) is 0 Å². The van der Waals surface area contributed by atoms with Crippen LogP contribution in [0.4, 0.5) is 10.1 Å². The highest BCUT2D eigenvalue weighted by atomic mass is 32.2. The fourth-order valence-corrected chi connectivity index (χ4v) is 3.04. The molecule has 1 aromatic carbocycles. The molecule has 0 fully saturated rings. The third-order valence-corrected chi connectivity index (χ3v) is 5.13. The zero-order valence-electron chi connectivity index (χ0n) is 12.9. The zero-order valence-corrected chi connectivity index (χ0v) is 13.7. The van der Waals surface area contributed by atoms with Gasteiger partial charge >= 0.3 is 0 Å². The molecule has 23 heavy (non-hydrogen) atoms. The van der Waals surface area contributed by atoms with E-state index in [0.717, 1.165) is 16.6 Å². The van der Waals surface area contributed by atoms with Crippen molar-refractivity contribution < 1.29 is 17.6 Å². The number of nitrogens with one attached hydrogen (secondary N) is 1. The lowest BCUT2D eigenvalue weighted by Crippen LogP contribution is -2.23. The van der Waals surface area contributed by atoms with E-state index in [2.05, 4.69) is 10.3 Å². The molecule has 0 aliphatic heterocycles. The first kappa shape index (κ1) is 17.0. The molecule has 8 heteroatoms. The maximum Gasteiger partial charge on any atom is 0.255 e. The van der Waals surface area contributed by atoms with Crippen molar-refractivity contribution >= 4 is 21.6 Å². The van der Waals surface area contributed by atoms with Gasteiger partial charge in [-0.2, -0.15) is 0 Å². The summed E-state index contributed by atoms with van der Waals surface area (Å²) in [5.74, 6) is -1.13. The molecule has 1 aromatic heterocycles. The number of rotatable bonds is 4. The second kappa shape index (κ2) is 6.43. The van der Waals surface area contributed by atoms with E-state index in [-0.39, 0.29) is 16.1 Å². The fraction of sp³-hybridized carbons (Fsp3) is 0.200. The van der Waals surface area contributed by atoms with E-state index in [9.17, 15) is 17.6 Å². The van der Waals surface area contributed by atoms with Crippen LogP contribution in [-0.4, -0.2) is 37.7 Å². The van der Waals surface area contributed by atoms with Gasteiger partial charge < -0.3 is 5.32 Å². The highest BCUT2D eigenvalue weighted by molar-refractivity contribution is 7.89. The molecule has 0 atom stereocenters. The van der Waals surface area contributed by atoms with Crippen LogP contribution in [-0.2, 0) is 10.0 Å². The average molecular weight is 337 g/mol. The molecule has 1 heterocycles. The molecule has 0 aliphatic carbocycles. The summed E-state index contributed by atoms with van der Waals surface area (Å²) in [6, 6.07) is 5.48. The van der Waals surface area contributed by atoms with Gasteiger partial charge in [0, 0.05) is 25.7 Å². The number of anilines is 1. The van der Waals surface area contributed by atoms with Gasteiger partial charge in [0.15, 0.2) is 0 Å². The number of hydrogen-bond acceptors (Lipinski definition) is 4. The summed E-state index contributed by atoms with van der Waals surface area (Å²) in [4.78, 5) is 15.9. The van der Waals surface area contributed by atoms with Crippen molar-refractivity contribution in [1.82, 2.24) is 9.29 Å². The van der Waals surface area contributed by atoms with Crippen molar-refractivity contribution in [2.45, 2.75) is 11.8 Å². The number of aromatic nitrogens is 1. The smallest absolute Gasteiger partial charge is 0.255 e. The molecule has 6 nitrogen and oxygen atoms in total. The van der Waals surface area contributed by atoms with Gasteiger partial charge in [-0.25, -0.2) is 17.1 Å². The summed E-state index contributed by atoms with van der Waals surface area (Å²) >= 11 is 0. The van der Waals surface area contributed by atoms with Crippen molar-refractivity contribution in [3.63, 3.8) is 0 Å². The van der Waals surface area contributed by atoms with Crippen LogP contribution < -0.4 is 5.32 Å². The van der Waals surface area contributed by atoms with E-state index in [1.807, 2.05) is 0 Å². The number of sulfonamides is 1. The zero-order chi connectivity index (χ0) is 17.2. The standard InChI is InChI=1S/C15H16FN3O3S/c1-10-4-5-11(6-14(10)23(21,22)19(2)3)15(20)18-13-7-12(16)8-17-9-13/h4-9H,1-3H3,(H,18,20). The Balaban J connectivity index is 2.36. The van der Waals surface area contributed by atoms with Gasteiger partial charge in [-0.05, 0) is 24.6 Å². The Morgan fingerprint density at radius 2 is 1.91 bits per heavy atom. The Kier molecular flexibility index (Phi) is 4.76. The predicted molar refractivity (Wildman–Crippen MR) is 84.2 cm³/mol. The van der Waals surface area contributed by atoms with Crippen LogP contribution in [0, 0.1) is 12.7 Å². The third-order valence-electron chi connectivity index (χ3n) is 3.17. The summed E-state index contributed by atoms with van der Waals surface area (Å²) < 4.78 is 38.7. The first-order chi connectivity index (χ1) is 10.7. The Morgan fingerprint density at radius 1 is 1.22 bits per heavy atom. The first-order valence-electron chi connectivity index (χ1n) is 6.67. The summed E-state index contributed by atoms with van der Waals surface area (Å²) in [6.07, 6.45) is 2.32. The number of carbonyl (C=O) groups excluding carboxylic acids is 1. The fourth-order valence-electron chi connectivity index (χ4n) is 1.90. The van der Waals surface area contributed by atoms with Gasteiger partial charge in [0.2, 0.25) is 10.0 Å². The van der Waals surface area contributed by atoms with Crippen LogP contribution in [0.5, 0.6) is 0 Å². The minimum Gasteiger partial charge on any atom is -0.320 e. The normalized spacial score (nSPS) is 11.5. The van der Waals surface area contributed by atoms with Gasteiger partial charge in [-0.1, -0.05) is 6.07 Å². The van der Waals surface area contributed by atoms with Crippen molar-refractivity contribution in [2.24, 2.45) is 0 Å². The number of aryl methyl sites for hydroxylation is 1. The largest absolute Gasteiger partial charge is 0.320 e. The number of hydrogen-bond donors (Lipinski definition) is 1. The minimum atomic E-state index is -3.66. The second-order valence-electron chi connectivity index (χ2n) is 5.11. The molecule has 2 aromatic rings. The van der Waals surface area contributed by atoms with Gasteiger partial charge in [-0.15, -0.1) is 0 Å². The lowest BCUT2D eigenvalue weighted by atomic mass is 10.1. The molecule has 0 radical (unpaired) electrons. The SMILES string of the molecule is Cc1ccc(C(=O)Nc2cncc(F)c2)cc1S(=O)(=O)N(C)C. The highest BCUT2D eigenvalue weighted by Crippen LogP contribution is 2.20. The van der Waals surface area contributed by atoms with Gasteiger partial charge in [0.05, 0.1) is 23.0 Å². The molecule has 0 aliphatic rings. The van der Waals surface area contributed by atoms with E-state index in [0.29, 0.717) is 5.56 Å². The van der Waals surface area contributed by atoms with Crippen molar-refractivity contribution in [3.8, 4) is 0 Å². The molecule has 1 N–H and O–H groups in total. The van der Waals surface area contributed by atoms with Gasteiger partial charge in [0.25, 0.3) is 5.91 Å². The lowest BCUT2D eigenvalue weighted by Gasteiger charge is -2.14. The maximum absolute atomic E-state index is 13.1. The number of halogens is 1. The van der Waals surface area contributed by atoms with Crippen LogP contribution in [0.15, 0.2) is 41.6 Å². The molecular weight excluding hydrogens is 321 g/mol. The number of amides is 1. The van der Waals surface area contributed by atoms with Crippen LogP contribution >= 0.6 is 0 Å². The summed E-state index contributed by atoms with van der Waals surface area (Å²) in [7, 11) is -0.829. The molecule has 0 unspecified atom stereocenters. The molecule has 2 rings (SSSR count). The Hall–Kier alpha value is -2.32. The topological polar surface area (TPSA) is 79.4 Å². The number of nitrogens with zero attached hydrogens (tertiary/aromatic N) is 2. The molecule has 0 spiro atoms. The summed E-state index contributed by atoms with van der Waals surface area (Å²) in [5, 5.41) is 2.48. The quantitative estimate of drug-likeness (QED) is 0.926. The minimum absolute atomic E-state index is 0.0486. The maximum atomic E-state index is 13.1. The van der Waals surface area contributed by atoms with Crippen molar-refractivity contribution in [2.75, 3.05) is 19.4 Å². The van der Waals surface area contributed by atoms with E-state index >= 15 is 0 Å². The molecule has 122 valence electrons. The Morgan fingerprint density at radius 3 is 2.52 bits per heavy atom. The number of pyridine rings is 1. The highest BCUT2D eigenvalue weighted by Gasteiger charge is 2.21. The predicted octanol–water partition coefficient (Wildman–Crippen LogP) is 2.03. The number of benzene rings is 1. The van der Waals surface area contributed by atoms with E-state index < -0.39 is 21.7 Å². The Bertz CT molecular complexity index is 851. The molecule has 0 saturated carbocycles. The number of carbonyl (C=O) groups is 1. The van der Waals surface area contributed by atoms with E-state index in [1.54, 1.807) is 13.0 Å². The molecule has 1 amide bonds. The Labute approximate surface area is 134 Å². The van der Waals surface area contributed by atoms with Crippen LogP contribution in [0.1, 0.15) is 15.9 Å². The van der Waals surface area contributed by atoms with Crippen molar-refractivity contribution in [1.29, 1.82) is 0 Å². The van der Waals surface area contributed by atoms with Crippen LogP contribution in [0.2, 0.25) is 0 Å². The second-order valence-corrected chi connectivity index (χ2v) is 7.23. The monoisotopic (exact) mass is 337 g/mol. The lowest BCUT2D eigenvalue weighted by molar-refractivity contribution is 0.102. The van der Waals surface area contributed by atoms with Crippen LogP contribution in [0.25, 0.3) is 0 Å².